The Bertz CT molecular complexity index is 1130. The fraction of sp³-hybridized carbons (Fsp3) is 0.286. The first-order valence-electron chi connectivity index (χ1n) is 9.71. The van der Waals surface area contributed by atoms with Gasteiger partial charge in [-0.2, -0.15) is 5.10 Å². The number of aromatic nitrogens is 4. The monoisotopic (exact) mass is 424 g/mol. The number of benzene rings is 2. The van der Waals surface area contributed by atoms with Gasteiger partial charge < -0.3 is 11.1 Å². The highest BCUT2D eigenvalue weighted by molar-refractivity contribution is 7.18. The Hall–Kier alpha value is -2.48. The largest absolute Gasteiger partial charge is 0.359 e. The maximum atomic E-state index is 6.26. The molecule has 1 fully saturated rings. The smallest absolute Gasteiger partial charge is 0.206 e. The molecular formula is C21H21ClN6S. The first-order chi connectivity index (χ1) is 14.2. The van der Waals surface area contributed by atoms with Crippen LogP contribution in [0.15, 0.2) is 42.5 Å². The van der Waals surface area contributed by atoms with Gasteiger partial charge in [-0.15, -0.1) is 10.2 Å². The summed E-state index contributed by atoms with van der Waals surface area (Å²) < 4.78 is 0. The van der Waals surface area contributed by atoms with Crippen LogP contribution in [0, 0.1) is 0 Å². The summed E-state index contributed by atoms with van der Waals surface area (Å²) >= 11 is 7.47. The van der Waals surface area contributed by atoms with E-state index in [1.807, 2.05) is 24.3 Å². The third-order valence-electron chi connectivity index (χ3n) is 5.15. The van der Waals surface area contributed by atoms with E-state index >= 15 is 0 Å². The summed E-state index contributed by atoms with van der Waals surface area (Å²) in [5.41, 5.74) is 10.8. The van der Waals surface area contributed by atoms with Gasteiger partial charge in [-0.05, 0) is 55.2 Å². The van der Waals surface area contributed by atoms with Gasteiger partial charge in [0.05, 0.1) is 11.2 Å². The Morgan fingerprint density at radius 1 is 1.17 bits per heavy atom. The fourth-order valence-corrected chi connectivity index (χ4v) is 4.33. The van der Waals surface area contributed by atoms with Crippen LogP contribution < -0.4 is 11.1 Å². The molecule has 29 heavy (non-hydrogen) atoms. The van der Waals surface area contributed by atoms with Gasteiger partial charge in [0.25, 0.3) is 0 Å². The van der Waals surface area contributed by atoms with Gasteiger partial charge in [0.15, 0.2) is 0 Å². The van der Waals surface area contributed by atoms with Crippen LogP contribution >= 0.6 is 22.9 Å². The Kier molecular flexibility index (Phi) is 4.95. The molecule has 4 aromatic rings. The second kappa shape index (κ2) is 7.74. The molecule has 8 heteroatoms. The molecule has 0 spiro atoms. The van der Waals surface area contributed by atoms with Crippen LogP contribution in [-0.4, -0.2) is 33.0 Å². The van der Waals surface area contributed by atoms with Crippen molar-refractivity contribution in [3.05, 3.63) is 58.7 Å². The van der Waals surface area contributed by atoms with Crippen LogP contribution in [0.5, 0.6) is 0 Å². The van der Waals surface area contributed by atoms with Crippen LogP contribution in [-0.2, 0) is 6.42 Å². The van der Waals surface area contributed by atoms with E-state index in [1.165, 1.54) is 29.5 Å². The van der Waals surface area contributed by atoms with Crippen LogP contribution in [0.4, 0.5) is 5.13 Å². The van der Waals surface area contributed by atoms with Crippen molar-refractivity contribution in [2.24, 2.45) is 5.73 Å². The first kappa shape index (κ1) is 18.5. The summed E-state index contributed by atoms with van der Waals surface area (Å²) in [7, 11) is 0. The lowest BCUT2D eigenvalue weighted by molar-refractivity contribution is 0.698. The van der Waals surface area contributed by atoms with Gasteiger partial charge >= 0.3 is 0 Å². The van der Waals surface area contributed by atoms with Crippen molar-refractivity contribution in [1.82, 2.24) is 20.4 Å². The van der Waals surface area contributed by atoms with Gasteiger partial charge in [0.1, 0.15) is 5.01 Å². The number of halogens is 1. The Morgan fingerprint density at radius 3 is 2.79 bits per heavy atom. The Morgan fingerprint density at radius 2 is 2.00 bits per heavy atom. The maximum Gasteiger partial charge on any atom is 0.206 e. The number of nitrogens with zero attached hydrogens (tertiary/aromatic N) is 3. The minimum absolute atomic E-state index is 0.0214. The fourth-order valence-electron chi connectivity index (χ4n) is 3.46. The molecule has 0 unspecified atom stereocenters. The molecule has 2 heterocycles. The van der Waals surface area contributed by atoms with E-state index in [2.05, 4.69) is 43.9 Å². The van der Waals surface area contributed by atoms with E-state index < -0.39 is 0 Å². The van der Waals surface area contributed by atoms with Crippen molar-refractivity contribution in [3.63, 3.8) is 0 Å². The SMILES string of the molecule is N[C@@H](CNc1nnc(-c2ccc3[nH]nc(C4CC4)c3c2)s1)Cc1ccc(Cl)cc1. The second-order valence-corrected chi connectivity index (χ2v) is 8.94. The number of hydrogen-bond acceptors (Lipinski definition) is 6. The molecular weight excluding hydrogens is 404 g/mol. The van der Waals surface area contributed by atoms with Gasteiger partial charge in [-0.1, -0.05) is 35.1 Å². The lowest BCUT2D eigenvalue weighted by Crippen LogP contribution is -2.31. The molecule has 1 aliphatic rings. The van der Waals surface area contributed by atoms with Crippen LogP contribution in [0.25, 0.3) is 21.5 Å². The van der Waals surface area contributed by atoms with E-state index in [9.17, 15) is 0 Å². The van der Waals surface area contributed by atoms with Gasteiger partial charge in [0, 0.05) is 34.5 Å². The van der Waals surface area contributed by atoms with Gasteiger partial charge in [-0.3, -0.25) is 5.10 Å². The zero-order valence-corrected chi connectivity index (χ0v) is 17.3. The molecule has 2 aromatic carbocycles. The molecule has 148 valence electrons. The predicted octanol–water partition coefficient (Wildman–Crippen LogP) is 4.59. The van der Waals surface area contributed by atoms with Crippen molar-refractivity contribution in [2.75, 3.05) is 11.9 Å². The number of hydrogen-bond donors (Lipinski definition) is 3. The quantitative estimate of drug-likeness (QED) is 0.403. The predicted molar refractivity (Wildman–Crippen MR) is 119 cm³/mol. The average molecular weight is 425 g/mol. The molecule has 1 atom stereocenters. The van der Waals surface area contributed by atoms with Gasteiger partial charge in [0.2, 0.25) is 5.13 Å². The number of nitrogens with one attached hydrogen (secondary N) is 2. The zero-order valence-electron chi connectivity index (χ0n) is 15.7. The third kappa shape index (κ3) is 4.12. The van der Waals surface area contributed by atoms with Crippen molar-refractivity contribution >= 4 is 39.0 Å². The summed E-state index contributed by atoms with van der Waals surface area (Å²) in [5, 5.41) is 23.2. The molecule has 0 bridgehead atoms. The number of nitrogens with two attached hydrogens (primary N) is 1. The number of anilines is 1. The highest BCUT2D eigenvalue weighted by Gasteiger charge is 2.28. The van der Waals surface area contributed by atoms with Crippen LogP contribution in [0.2, 0.25) is 5.02 Å². The third-order valence-corrected chi connectivity index (χ3v) is 6.34. The molecule has 1 saturated carbocycles. The maximum absolute atomic E-state index is 6.26. The second-order valence-electron chi connectivity index (χ2n) is 7.53. The van der Waals surface area contributed by atoms with E-state index in [-0.39, 0.29) is 6.04 Å². The molecule has 5 rings (SSSR count). The molecule has 4 N–H and O–H groups in total. The van der Waals surface area contributed by atoms with E-state index in [0.29, 0.717) is 12.5 Å². The van der Waals surface area contributed by atoms with Crippen LogP contribution in [0.1, 0.15) is 30.0 Å². The molecule has 0 amide bonds. The number of H-pyrrole nitrogens is 1. The van der Waals surface area contributed by atoms with Crippen LogP contribution in [0.3, 0.4) is 0 Å². The molecule has 6 nitrogen and oxygen atoms in total. The Balaban J connectivity index is 1.25. The Labute approximate surface area is 177 Å². The number of fused-ring (bicyclic) bond motifs is 1. The highest BCUT2D eigenvalue weighted by Crippen LogP contribution is 2.42. The lowest BCUT2D eigenvalue weighted by atomic mass is 10.1. The number of rotatable bonds is 7. The molecule has 1 aliphatic carbocycles. The van der Waals surface area contributed by atoms with Crippen molar-refractivity contribution in [1.29, 1.82) is 0 Å². The molecule has 0 radical (unpaired) electrons. The minimum atomic E-state index is -0.0214. The van der Waals surface area contributed by atoms with Crippen molar-refractivity contribution in [3.8, 4) is 10.6 Å². The standard InChI is InChI=1S/C21H21ClN6S/c22-15-6-1-12(2-7-15)9-16(23)11-24-21-28-27-20(29-21)14-5-8-18-17(10-14)19(26-25-18)13-3-4-13/h1-2,5-8,10,13,16H,3-4,9,11,23H2,(H,24,28)(H,25,26)/t16-/m1/s1. The summed E-state index contributed by atoms with van der Waals surface area (Å²) in [6.45, 7) is 0.629. The minimum Gasteiger partial charge on any atom is -0.359 e. The van der Waals surface area contributed by atoms with Crippen molar-refractivity contribution in [2.45, 2.75) is 31.2 Å². The molecule has 0 aliphatic heterocycles. The summed E-state index contributed by atoms with van der Waals surface area (Å²) in [6, 6.07) is 14.1. The highest BCUT2D eigenvalue weighted by atomic mass is 35.5. The van der Waals surface area contributed by atoms with E-state index in [1.54, 1.807) is 11.3 Å². The lowest BCUT2D eigenvalue weighted by Gasteiger charge is -2.12. The first-order valence-corrected chi connectivity index (χ1v) is 10.9. The zero-order chi connectivity index (χ0) is 19.8. The average Bonchev–Trinajstić information content (AvgIpc) is 3.31. The number of aromatic amines is 1. The normalized spacial score (nSPS) is 15.0. The summed E-state index contributed by atoms with van der Waals surface area (Å²) in [6.07, 6.45) is 3.23. The van der Waals surface area contributed by atoms with Gasteiger partial charge in [-0.25, -0.2) is 0 Å². The topological polar surface area (TPSA) is 92.5 Å². The summed E-state index contributed by atoms with van der Waals surface area (Å²) in [4.78, 5) is 0. The molecule has 0 saturated heterocycles. The van der Waals surface area contributed by atoms with Crippen molar-refractivity contribution < 1.29 is 0 Å². The van der Waals surface area contributed by atoms with E-state index in [4.69, 9.17) is 17.3 Å². The van der Waals surface area contributed by atoms with E-state index in [0.717, 1.165) is 32.7 Å². The molecule has 2 aromatic heterocycles. The summed E-state index contributed by atoms with van der Waals surface area (Å²) in [5.74, 6) is 0.604.